The van der Waals surface area contributed by atoms with Crippen LogP contribution in [-0.2, 0) is 0 Å². The fourth-order valence-electron chi connectivity index (χ4n) is 1.65. The number of hydrogen-bond acceptors (Lipinski definition) is 3. The normalized spacial score (nSPS) is 10.8. The van der Waals surface area contributed by atoms with Crippen molar-refractivity contribution in [2.75, 3.05) is 0 Å². The molecule has 1 aromatic carbocycles. The molecule has 3 rings (SSSR count). The van der Waals surface area contributed by atoms with E-state index in [9.17, 15) is 4.79 Å². The third-order valence-electron chi connectivity index (χ3n) is 2.44. The Morgan fingerprint density at radius 3 is 2.75 bits per heavy atom. The fraction of sp³-hybridized carbons (Fsp3) is 0. The monoisotopic (exact) mass is 244 g/mol. The van der Waals surface area contributed by atoms with E-state index in [4.69, 9.17) is 0 Å². The Bertz CT molecular complexity index is 680. The van der Waals surface area contributed by atoms with Gasteiger partial charge < -0.3 is 0 Å². The van der Waals surface area contributed by atoms with Crippen LogP contribution in [0.2, 0.25) is 0 Å². The third-order valence-corrected chi connectivity index (χ3v) is 4.27. The molecule has 3 heteroatoms. The van der Waals surface area contributed by atoms with Gasteiger partial charge in [0, 0.05) is 26.6 Å². The Hall–Kier alpha value is -1.45. The van der Waals surface area contributed by atoms with Gasteiger partial charge in [-0.2, -0.15) is 11.3 Å². The van der Waals surface area contributed by atoms with E-state index in [-0.39, 0.29) is 5.43 Å². The molecule has 78 valence electrons. The molecule has 0 unspecified atom stereocenters. The van der Waals surface area contributed by atoms with Crippen molar-refractivity contribution < 1.29 is 0 Å². The van der Waals surface area contributed by atoms with Crippen LogP contribution in [-0.4, -0.2) is 0 Å². The summed E-state index contributed by atoms with van der Waals surface area (Å²) in [5.74, 6) is 0. The van der Waals surface area contributed by atoms with Crippen molar-refractivity contribution in [2.45, 2.75) is 0 Å². The van der Waals surface area contributed by atoms with Crippen molar-refractivity contribution in [3.63, 3.8) is 0 Å². The van der Waals surface area contributed by atoms with E-state index in [0.29, 0.717) is 0 Å². The molecular weight excluding hydrogens is 236 g/mol. The molecule has 0 atom stereocenters. The quantitative estimate of drug-likeness (QED) is 0.632. The largest absolute Gasteiger partial charge is 0.289 e. The Morgan fingerprint density at radius 1 is 1.06 bits per heavy atom. The predicted molar refractivity (Wildman–Crippen MR) is 71.4 cm³/mol. The van der Waals surface area contributed by atoms with Crippen LogP contribution in [0.1, 0.15) is 0 Å². The highest BCUT2D eigenvalue weighted by Gasteiger charge is 2.04. The van der Waals surface area contributed by atoms with Gasteiger partial charge in [-0.3, -0.25) is 4.79 Å². The third kappa shape index (κ3) is 1.58. The molecule has 0 aliphatic heterocycles. The molecule has 0 aliphatic rings. The lowest BCUT2D eigenvalue weighted by Gasteiger charge is -1.99. The topological polar surface area (TPSA) is 17.1 Å². The van der Waals surface area contributed by atoms with Crippen molar-refractivity contribution in [1.82, 2.24) is 0 Å². The van der Waals surface area contributed by atoms with Gasteiger partial charge in [-0.15, -0.1) is 11.3 Å². The van der Waals surface area contributed by atoms with Gasteiger partial charge in [0.1, 0.15) is 0 Å². The maximum atomic E-state index is 11.9. The van der Waals surface area contributed by atoms with Gasteiger partial charge in [0.15, 0.2) is 5.43 Å². The zero-order chi connectivity index (χ0) is 11.0. The number of hydrogen-bond donors (Lipinski definition) is 0. The number of thiophene rings is 1. The second-order valence-electron chi connectivity index (χ2n) is 3.48. The van der Waals surface area contributed by atoms with Gasteiger partial charge in [-0.1, -0.05) is 12.1 Å². The fourth-order valence-corrected chi connectivity index (χ4v) is 3.45. The standard InChI is InChI=1S/C13H8OS2/c14-11-7-13(9-5-6-15-8-9)16-12-4-2-1-3-10(11)12/h1-8H. The molecule has 0 fully saturated rings. The number of fused-ring (bicyclic) bond motifs is 1. The molecule has 1 nitrogen and oxygen atoms in total. The molecule has 0 saturated carbocycles. The average molecular weight is 244 g/mol. The van der Waals surface area contributed by atoms with Gasteiger partial charge in [0.2, 0.25) is 0 Å². The summed E-state index contributed by atoms with van der Waals surface area (Å²) in [6.45, 7) is 0. The maximum absolute atomic E-state index is 11.9. The van der Waals surface area contributed by atoms with Crippen LogP contribution < -0.4 is 5.43 Å². The van der Waals surface area contributed by atoms with Crippen molar-refractivity contribution in [2.24, 2.45) is 0 Å². The molecule has 2 aromatic heterocycles. The van der Waals surface area contributed by atoms with E-state index >= 15 is 0 Å². The molecule has 0 radical (unpaired) electrons. The average Bonchev–Trinajstić information content (AvgIpc) is 2.82. The molecule has 0 N–H and O–H groups in total. The molecule has 0 bridgehead atoms. The molecule has 2 heterocycles. The van der Waals surface area contributed by atoms with Crippen LogP contribution in [0.15, 0.2) is 52.0 Å². The minimum absolute atomic E-state index is 0.107. The first-order valence-corrected chi connectivity index (χ1v) is 6.66. The van der Waals surface area contributed by atoms with Gasteiger partial charge in [0.25, 0.3) is 0 Å². The summed E-state index contributed by atoms with van der Waals surface area (Å²) in [7, 11) is 0. The smallest absolute Gasteiger partial charge is 0.188 e. The van der Waals surface area contributed by atoms with Gasteiger partial charge in [-0.05, 0) is 29.0 Å². The highest BCUT2D eigenvalue weighted by molar-refractivity contribution is 7.21. The Morgan fingerprint density at radius 2 is 1.94 bits per heavy atom. The zero-order valence-electron chi connectivity index (χ0n) is 8.34. The second-order valence-corrected chi connectivity index (χ2v) is 5.35. The van der Waals surface area contributed by atoms with Crippen molar-refractivity contribution in [3.8, 4) is 10.4 Å². The first-order chi connectivity index (χ1) is 7.84. The lowest BCUT2D eigenvalue weighted by atomic mass is 10.2. The molecule has 0 aliphatic carbocycles. The van der Waals surface area contributed by atoms with Crippen LogP contribution in [0, 0.1) is 0 Å². The van der Waals surface area contributed by atoms with Crippen LogP contribution >= 0.6 is 22.7 Å². The minimum atomic E-state index is 0.107. The highest BCUT2D eigenvalue weighted by atomic mass is 32.1. The van der Waals surface area contributed by atoms with Crippen LogP contribution in [0.4, 0.5) is 0 Å². The van der Waals surface area contributed by atoms with Gasteiger partial charge in [-0.25, -0.2) is 0 Å². The lowest BCUT2D eigenvalue weighted by Crippen LogP contribution is -1.97. The first kappa shape index (κ1) is 9.75. The molecule has 0 amide bonds. The summed E-state index contributed by atoms with van der Waals surface area (Å²) in [6.07, 6.45) is 0. The number of benzene rings is 1. The van der Waals surface area contributed by atoms with E-state index in [1.165, 1.54) is 0 Å². The second kappa shape index (κ2) is 3.85. The zero-order valence-corrected chi connectivity index (χ0v) is 9.98. The van der Waals surface area contributed by atoms with Gasteiger partial charge >= 0.3 is 0 Å². The molecule has 3 aromatic rings. The summed E-state index contributed by atoms with van der Waals surface area (Å²) in [4.78, 5) is 13.0. The SMILES string of the molecule is O=c1cc(-c2ccsc2)sc2ccccc12. The molecule has 0 spiro atoms. The molecular formula is C13H8OS2. The lowest BCUT2D eigenvalue weighted by molar-refractivity contribution is 1.71. The summed E-state index contributed by atoms with van der Waals surface area (Å²) in [5, 5.41) is 4.91. The molecule has 16 heavy (non-hydrogen) atoms. The van der Waals surface area contributed by atoms with Crippen molar-refractivity contribution in [1.29, 1.82) is 0 Å². The van der Waals surface area contributed by atoms with Crippen LogP contribution in [0.3, 0.4) is 0 Å². The maximum Gasteiger partial charge on any atom is 0.188 e. The van der Waals surface area contributed by atoms with E-state index in [2.05, 4.69) is 5.38 Å². The van der Waals surface area contributed by atoms with E-state index in [1.54, 1.807) is 28.7 Å². The first-order valence-electron chi connectivity index (χ1n) is 4.90. The van der Waals surface area contributed by atoms with Crippen LogP contribution in [0.5, 0.6) is 0 Å². The summed E-state index contributed by atoms with van der Waals surface area (Å²) >= 11 is 3.32. The Labute approximate surface area is 101 Å². The minimum Gasteiger partial charge on any atom is -0.289 e. The van der Waals surface area contributed by atoms with Crippen LogP contribution in [0.25, 0.3) is 20.5 Å². The summed E-state index contributed by atoms with van der Waals surface area (Å²) < 4.78 is 1.05. The highest BCUT2D eigenvalue weighted by Crippen LogP contribution is 2.29. The van der Waals surface area contributed by atoms with E-state index in [0.717, 1.165) is 20.5 Å². The van der Waals surface area contributed by atoms with Crippen molar-refractivity contribution in [3.05, 3.63) is 57.4 Å². The van der Waals surface area contributed by atoms with Crippen molar-refractivity contribution >= 4 is 32.8 Å². The van der Waals surface area contributed by atoms with E-state index < -0.39 is 0 Å². The summed E-state index contributed by atoms with van der Waals surface area (Å²) in [6, 6.07) is 11.5. The van der Waals surface area contributed by atoms with E-state index in [1.807, 2.05) is 35.7 Å². The molecule has 0 saturated heterocycles. The van der Waals surface area contributed by atoms with Gasteiger partial charge in [0.05, 0.1) is 0 Å². The Kier molecular flexibility index (Phi) is 2.35. The predicted octanol–water partition coefficient (Wildman–Crippen LogP) is 3.99. The number of rotatable bonds is 1. The Balaban J connectivity index is 2.34. The summed E-state index contributed by atoms with van der Waals surface area (Å²) in [5.41, 5.74) is 1.24.